The van der Waals surface area contributed by atoms with Gasteiger partial charge in [0, 0.05) is 44.9 Å². The number of allylic oxidation sites excluding steroid dienone is 12. The van der Waals surface area contributed by atoms with Crippen LogP contribution in [0.25, 0.3) is 44.7 Å². The van der Waals surface area contributed by atoms with Crippen molar-refractivity contribution in [1.29, 1.82) is 0 Å². The summed E-state index contributed by atoms with van der Waals surface area (Å²) in [6.45, 7) is 14.5. The normalized spacial score (nSPS) is 19.6. The highest BCUT2D eigenvalue weighted by Gasteiger charge is 2.22. The molecule has 242 valence electrons. The Labute approximate surface area is 286 Å². The van der Waals surface area contributed by atoms with E-state index in [1.54, 1.807) is 0 Å². The lowest BCUT2D eigenvalue weighted by atomic mass is 9.83. The second kappa shape index (κ2) is 15.4. The molecule has 0 radical (unpaired) electrons. The van der Waals surface area contributed by atoms with Crippen LogP contribution in [0, 0.1) is 5.92 Å². The highest BCUT2D eigenvalue weighted by molar-refractivity contribution is 6.10. The molecule has 3 aliphatic rings. The van der Waals surface area contributed by atoms with E-state index >= 15 is 0 Å². The molecule has 0 saturated carbocycles. The fourth-order valence-corrected chi connectivity index (χ4v) is 6.59. The lowest BCUT2D eigenvalue weighted by Gasteiger charge is -2.25. The molecular formula is C45H47N3. The Morgan fingerprint density at radius 2 is 1.29 bits per heavy atom. The third-order valence-electron chi connectivity index (χ3n) is 8.84. The molecule has 1 atom stereocenters. The molecule has 5 aromatic rings. The summed E-state index contributed by atoms with van der Waals surface area (Å²) < 4.78 is 2.39. The second-order valence-electron chi connectivity index (χ2n) is 11.5. The van der Waals surface area contributed by atoms with Gasteiger partial charge in [0.2, 0.25) is 0 Å². The van der Waals surface area contributed by atoms with E-state index < -0.39 is 0 Å². The van der Waals surface area contributed by atoms with Crippen LogP contribution in [0.3, 0.4) is 0 Å². The van der Waals surface area contributed by atoms with Crippen LogP contribution in [0.2, 0.25) is 0 Å². The molecule has 0 amide bonds. The molecule has 4 N–H and O–H groups in total. The molecule has 3 aliphatic carbocycles. The van der Waals surface area contributed by atoms with Crippen LogP contribution < -0.4 is 11.5 Å². The monoisotopic (exact) mass is 629 g/mol. The van der Waals surface area contributed by atoms with Gasteiger partial charge < -0.3 is 16.0 Å². The molecule has 8 rings (SSSR count). The summed E-state index contributed by atoms with van der Waals surface area (Å²) in [6.07, 6.45) is 16.1. The first-order valence-corrected chi connectivity index (χ1v) is 17.1. The fraction of sp³-hybridized carbons (Fsp3) is 0.156. The van der Waals surface area contributed by atoms with Crippen LogP contribution in [-0.4, -0.2) is 4.57 Å². The quantitative estimate of drug-likeness (QED) is 0.190. The van der Waals surface area contributed by atoms with Gasteiger partial charge in [-0.05, 0) is 66.0 Å². The second-order valence-corrected chi connectivity index (χ2v) is 11.5. The minimum Gasteiger partial charge on any atom is -0.402 e. The Morgan fingerprint density at radius 3 is 1.92 bits per heavy atom. The van der Waals surface area contributed by atoms with Crippen LogP contribution in [0.5, 0.6) is 0 Å². The SMILES string of the molecule is C=C/C1=C(\C=C/c2ccccc2-c2ccccc2N)/C=C(n2c3ccccc3c3ccccc32)\C=C(\C)C2C=CC1=C(N)C2.CC.CC. The van der Waals surface area contributed by atoms with Crippen molar-refractivity contribution in [2.45, 2.75) is 41.0 Å². The van der Waals surface area contributed by atoms with E-state index in [2.05, 4.69) is 133 Å². The number of rotatable bonds is 5. The molecule has 2 bridgehead atoms. The van der Waals surface area contributed by atoms with Crippen LogP contribution in [0.1, 0.15) is 46.6 Å². The number of anilines is 1. The maximum atomic E-state index is 6.76. The Kier molecular flexibility index (Phi) is 10.8. The third kappa shape index (κ3) is 6.50. The van der Waals surface area contributed by atoms with Crippen molar-refractivity contribution in [3.8, 4) is 11.1 Å². The van der Waals surface area contributed by atoms with Gasteiger partial charge in [0.05, 0.1) is 11.0 Å². The summed E-state index contributed by atoms with van der Waals surface area (Å²) in [5.74, 6) is 0.238. The average Bonchev–Trinajstić information content (AvgIpc) is 3.47. The first kappa shape index (κ1) is 33.8. The lowest BCUT2D eigenvalue weighted by molar-refractivity contribution is 0.722. The van der Waals surface area contributed by atoms with Crippen LogP contribution in [0.15, 0.2) is 168 Å². The van der Waals surface area contributed by atoms with Crippen molar-refractivity contribution in [2.75, 3.05) is 5.73 Å². The molecule has 1 heterocycles. The number of fused-ring (bicyclic) bond motifs is 6. The van der Waals surface area contributed by atoms with Gasteiger partial charge in [0.25, 0.3) is 0 Å². The van der Waals surface area contributed by atoms with Gasteiger partial charge in [-0.15, -0.1) is 0 Å². The molecule has 0 spiro atoms. The predicted molar refractivity (Wildman–Crippen MR) is 211 cm³/mol. The number of hydrogen-bond acceptors (Lipinski definition) is 2. The van der Waals surface area contributed by atoms with Gasteiger partial charge in [-0.25, -0.2) is 0 Å². The van der Waals surface area contributed by atoms with Crippen LogP contribution >= 0.6 is 0 Å². The molecule has 4 aromatic carbocycles. The van der Waals surface area contributed by atoms with Gasteiger partial charge in [0.15, 0.2) is 0 Å². The molecular weight excluding hydrogens is 583 g/mol. The Hall–Kier alpha value is -5.54. The van der Waals surface area contributed by atoms with Crippen molar-refractivity contribution < 1.29 is 0 Å². The first-order chi connectivity index (χ1) is 23.5. The number of benzene rings is 4. The van der Waals surface area contributed by atoms with Crippen molar-refractivity contribution in [3.63, 3.8) is 0 Å². The molecule has 3 heteroatoms. The molecule has 0 saturated heterocycles. The minimum absolute atomic E-state index is 0.238. The molecule has 0 fully saturated rings. The number of nitrogen functional groups attached to an aromatic ring is 1. The van der Waals surface area contributed by atoms with Crippen molar-refractivity contribution >= 4 is 39.3 Å². The Bertz CT molecular complexity index is 2090. The molecule has 3 nitrogen and oxygen atoms in total. The standard InChI is InChI=1S/C41H35N3.2C2H6/c1-3-32-30(21-20-28-12-4-5-13-33(28)34-14-6-9-17-38(34)42)25-31(24-27(2)29-22-23-35(32)39(43)26-29)44-40-18-10-7-15-36(40)37-16-8-11-19-41(37)44;2*1-2/h3-25,29H,1,26,42-43H2,2H3;2*1-2H3/b21-20-,27-24-,31-25+,32-30-;;. The highest BCUT2D eigenvalue weighted by Crippen LogP contribution is 2.38. The van der Waals surface area contributed by atoms with Crippen LogP contribution in [-0.2, 0) is 0 Å². The van der Waals surface area contributed by atoms with E-state index in [0.29, 0.717) is 0 Å². The smallest absolute Gasteiger partial charge is 0.0541 e. The molecule has 1 unspecified atom stereocenters. The highest BCUT2D eigenvalue weighted by atomic mass is 15.0. The number of aromatic nitrogens is 1. The minimum atomic E-state index is 0.238. The first-order valence-electron chi connectivity index (χ1n) is 17.1. The predicted octanol–water partition coefficient (Wildman–Crippen LogP) is 11.9. The maximum Gasteiger partial charge on any atom is 0.0541 e. The lowest BCUT2D eigenvalue weighted by Crippen LogP contribution is -2.15. The zero-order valence-corrected chi connectivity index (χ0v) is 28.9. The number of nitrogens with two attached hydrogens (primary N) is 2. The number of hydrogen-bond donors (Lipinski definition) is 2. The summed E-state index contributed by atoms with van der Waals surface area (Å²) in [7, 11) is 0. The van der Waals surface area contributed by atoms with Gasteiger partial charge in [0.1, 0.15) is 0 Å². The molecule has 1 aromatic heterocycles. The summed E-state index contributed by atoms with van der Waals surface area (Å²) in [5, 5.41) is 2.47. The topological polar surface area (TPSA) is 57.0 Å². The van der Waals surface area contributed by atoms with Gasteiger partial charge >= 0.3 is 0 Å². The average molecular weight is 630 g/mol. The van der Waals surface area contributed by atoms with E-state index in [1.165, 1.54) is 27.4 Å². The Balaban J connectivity index is 0.00000109. The molecule has 48 heavy (non-hydrogen) atoms. The van der Waals surface area contributed by atoms with E-state index in [9.17, 15) is 0 Å². The summed E-state index contributed by atoms with van der Waals surface area (Å²) in [6, 6.07) is 33.7. The largest absolute Gasteiger partial charge is 0.402 e. The van der Waals surface area contributed by atoms with E-state index in [4.69, 9.17) is 11.5 Å². The van der Waals surface area contributed by atoms with Crippen molar-refractivity contribution in [3.05, 3.63) is 174 Å². The van der Waals surface area contributed by atoms with Crippen molar-refractivity contribution in [2.24, 2.45) is 11.7 Å². The van der Waals surface area contributed by atoms with E-state index in [0.717, 1.165) is 56.9 Å². The number of nitrogens with zero attached hydrogens (tertiary/aromatic N) is 1. The van der Waals surface area contributed by atoms with Crippen LogP contribution in [0.4, 0.5) is 5.69 Å². The summed E-state index contributed by atoms with van der Waals surface area (Å²) in [4.78, 5) is 0. The third-order valence-corrected chi connectivity index (χ3v) is 8.84. The maximum absolute atomic E-state index is 6.76. The van der Waals surface area contributed by atoms with Gasteiger partial charge in [-0.2, -0.15) is 0 Å². The Morgan fingerprint density at radius 1 is 0.708 bits per heavy atom. The van der Waals surface area contributed by atoms with E-state index in [1.807, 2.05) is 52.0 Å². The number of para-hydroxylation sites is 3. The zero-order valence-electron chi connectivity index (χ0n) is 28.9. The summed E-state index contributed by atoms with van der Waals surface area (Å²) in [5.41, 5.74) is 25.8. The molecule has 0 aliphatic heterocycles. The van der Waals surface area contributed by atoms with E-state index in [-0.39, 0.29) is 5.92 Å². The fourth-order valence-electron chi connectivity index (χ4n) is 6.59. The zero-order chi connectivity index (χ0) is 34.2. The van der Waals surface area contributed by atoms with Gasteiger partial charge in [-0.3, -0.25) is 0 Å². The summed E-state index contributed by atoms with van der Waals surface area (Å²) >= 11 is 0. The van der Waals surface area contributed by atoms with Gasteiger partial charge in [-0.1, -0.05) is 149 Å². The van der Waals surface area contributed by atoms with Crippen molar-refractivity contribution in [1.82, 2.24) is 4.57 Å².